The van der Waals surface area contributed by atoms with Crippen LogP contribution in [0.2, 0.25) is 0 Å². The van der Waals surface area contributed by atoms with Gasteiger partial charge in [-0.05, 0) is 74.2 Å². The molecule has 120 valence electrons. The molecule has 3 aromatic rings. The maximum atomic E-state index is 12.4. The van der Waals surface area contributed by atoms with Crippen LogP contribution in [0.15, 0.2) is 59.7 Å². The van der Waals surface area contributed by atoms with Gasteiger partial charge in [-0.2, -0.15) is 5.10 Å². The first-order valence-electron chi connectivity index (χ1n) is 7.05. The molecule has 0 aliphatic carbocycles. The number of phenolic OH excluding ortho intramolecular Hbond substituents is 1. The van der Waals surface area contributed by atoms with Gasteiger partial charge in [0.2, 0.25) is 0 Å². The van der Waals surface area contributed by atoms with Crippen LogP contribution in [0.1, 0.15) is 15.9 Å². The van der Waals surface area contributed by atoms with Crippen LogP contribution in [-0.4, -0.2) is 17.2 Å². The molecule has 0 aliphatic rings. The first kappa shape index (κ1) is 17.2. The van der Waals surface area contributed by atoms with Crippen LogP contribution in [0.4, 0.5) is 0 Å². The molecule has 0 atom stereocenters. The van der Waals surface area contributed by atoms with E-state index in [1.807, 2.05) is 42.5 Å². The lowest BCUT2D eigenvalue weighted by molar-refractivity contribution is 0.0957. The van der Waals surface area contributed by atoms with Gasteiger partial charge in [-0.25, -0.2) is 5.43 Å². The van der Waals surface area contributed by atoms with Gasteiger partial charge in [0.15, 0.2) is 0 Å². The van der Waals surface area contributed by atoms with Gasteiger partial charge in [0, 0.05) is 14.7 Å². The highest BCUT2D eigenvalue weighted by Gasteiger charge is 2.09. The van der Waals surface area contributed by atoms with Gasteiger partial charge in [-0.15, -0.1) is 0 Å². The number of hydrogen-bond acceptors (Lipinski definition) is 3. The zero-order chi connectivity index (χ0) is 17.1. The van der Waals surface area contributed by atoms with E-state index in [2.05, 4.69) is 55.7 Å². The van der Waals surface area contributed by atoms with Crippen molar-refractivity contribution in [3.8, 4) is 5.75 Å². The first-order valence-corrected chi connectivity index (χ1v) is 9.21. The minimum Gasteiger partial charge on any atom is -0.506 e. The highest BCUT2D eigenvalue weighted by atomic mass is 127. The molecule has 3 aromatic carbocycles. The number of hydrogen-bond donors (Lipinski definition) is 2. The second-order valence-electron chi connectivity index (χ2n) is 5.05. The summed E-state index contributed by atoms with van der Waals surface area (Å²) in [5.74, 6) is -0.137. The third-order valence-corrected chi connectivity index (χ3v) is 4.91. The number of rotatable bonds is 3. The van der Waals surface area contributed by atoms with E-state index in [1.165, 1.54) is 6.21 Å². The number of phenols is 1. The molecular formula is C18H12I2N2O2. The summed E-state index contributed by atoms with van der Waals surface area (Å²) in [6, 6.07) is 16.9. The SMILES string of the molecule is O=C(N/N=C/c1cc(I)cc(I)c1O)c1cccc2ccccc12. The molecule has 24 heavy (non-hydrogen) atoms. The minimum atomic E-state index is -0.289. The monoisotopic (exact) mass is 542 g/mol. The van der Waals surface area contributed by atoms with Crippen LogP contribution in [0, 0.1) is 7.14 Å². The second kappa shape index (κ2) is 7.47. The molecular weight excluding hydrogens is 530 g/mol. The van der Waals surface area contributed by atoms with Gasteiger partial charge in [0.1, 0.15) is 5.75 Å². The molecule has 3 rings (SSSR count). The molecule has 0 aliphatic heterocycles. The Morgan fingerprint density at radius 3 is 2.67 bits per heavy atom. The molecule has 0 bridgehead atoms. The molecule has 0 unspecified atom stereocenters. The van der Waals surface area contributed by atoms with Crippen LogP contribution in [-0.2, 0) is 0 Å². The lowest BCUT2D eigenvalue weighted by atomic mass is 10.0. The summed E-state index contributed by atoms with van der Waals surface area (Å²) in [6.45, 7) is 0. The van der Waals surface area contributed by atoms with E-state index < -0.39 is 0 Å². The van der Waals surface area contributed by atoms with Crippen LogP contribution in [0.3, 0.4) is 0 Å². The predicted octanol–water partition coefficient (Wildman–Crippen LogP) is 4.52. The normalized spacial score (nSPS) is 11.1. The van der Waals surface area contributed by atoms with Crippen LogP contribution >= 0.6 is 45.2 Å². The summed E-state index contributed by atoms with van der Waals surface area (Å²) >= 11 is 4.22. The lowest BCUT2D eigenvalue weighted by Gasteiger charge is -2.05. The number of halogens is 2. The van der Waals surface area contributed by atoms with E-state index in [1.54, 1.807) is 12.1 Å². The van der Waals surface area contributed by atoms with E-state index in [0.29, 0.717) is 11.1 Å². The molecule has 6 heteroatoms. The Morgan fingerprint density at radius 2 is 1.83 bits per heavy atom. The summed E-state index contributed by atoms with van der Waals surface area (Å²) in [6.07, 6.45) is 1.45. The Balaban J connectivity index is 1.83. The molecule has 0 spiro atoms. The molecule has 0 saturated heterocycles. The minimum absolute atomic E-state index is 0.152. The second-order valence-corrected chi connectivity index (χ2v) is 7.46. The topological polar surface area (TPSA) is 61.7 Å². The van der Waals surface area contributed by atoms with Crippen molar-refractivity contribution in [2.75, 3.05) is 0 Å². The van der Waals surface area contributed by atoms with Crippen molar-refractivity contribution in [1.29, 1.82) is 0 Å². The Bertz CT molecular complexity index is 950. The molecule has 0 heterocycles. The zero-order valence-corrected chi connectivity index (χ0v) is 16.6. The standard InChI is InChI=1S/C18H12I2N2O2/c19-13-8-12(17(23)16(20)9-13)10-21-22-18(24)15-7-3-5-11-4-1-2-6-14(11)15/h1-10,23H,(H,22,24)/b21-10+. The average Bonchev–Trinajstić information content (AvgIpc) is 2.58. The molecule has 4 nitrogen and oxygen atoms in total. The molecule has 0 aromatic heterocycles. The van der Waals surface area contributed by atoms with Crippen molar-refractivity contribution in [2.45, 2.75) is 0 Å². The maximum absolute atomic E-state index is 12.4. The fourth-order valence-corrected chi connectivity index (χ4v) is 4.22. The van der Waals surface area contributed by atoms with E-state index in [9.17, 15) is 9.90 Å². The summed E-state index contributed by atoms with van der Waals surface area (Å²) < 4.78 is 1.72. The predicted molar refractivity (Wildman–Crippen MR) is 113 cm³/mol. The van der Waals surface area contributed by atoms with Crippen molar-refractivity contribution >= 4 is 68.1 Å². The molecule has 0 radical (unpaired) electrons. The third kappa shape index (κ3) is 3.69. The van der Waals surface area contributed by atoms with Gasteiger partial charge < -0.3 is 5.11 Å². The summed E-state index contributed by atoms with van der Waals surface area (Å²) in [4.78, 5) is 12.4. The van der Waals surface area contributed by atoms with Gasteiger partial charge in [-0.1, -0.05) is 36.4 Å². The Labute approximate surface area is 166 Å². The number of hydrazone groups is 1. The number of carbonyl (C=O) groups excluding carboxylic acids is 1. The third-order valence-electron chi connectivity index (χ3n) is 3.46. The smallest absolute Gasteiger partial charge is 0.271 e. The largest absolute Gasteiger partial charge is 0.506 e. The molecule has 2 N–H and O–H groups in total. The van der Waals surface area contributed by atoms with Crippen LogP contribution in [0.5, 0.6) is 5.75 Å². The first-order chi connectivity index (χ1) is 11.6. The van der Waals surface area contributed by atoms with Gasteiger partial charge in [0.05, 0.1) is 9.78 Å². The Hall–Kier alpha value is -1.68. The number of nitrogens with one attached hydrogen (secondary N) is 1. The Morgan fingerprint density at radius 1 is 1.08 bits per heavy atom. The fraction of sp³-hybridized carbons (Fsp3) is 0. The number of nitrogens with zero attached hydrogens (tertiary/aromatic N) is 1. The van der Waals surface area contributed by atoms with E-state index >= 15 is 0 Å². The number of carbonyl (C=O) groups is 1. The van der Waals surface area contributed by atoms with Crippen LogP contribution < -0.4 is 5.43 Å². The van der Waals surface area contributed by atoms with E-state index in [4.69, 9.17) is 0 Å². The van der Waals surface area contributed by atoms with Crippen molar-refractivity contribution < 1.29 is 9.90 Å². The van der Waals surface area contributed by atoms with Gasteiger partial charge in [0.25, 0.3) is 5.91 Å². The number of benzene rings is 3. The number of fused-ring (bicyclic) bond motifs is 1. The average molecular weight is 542 g/mol. The van der Waals surface area contributed by atoms with Crippen molar-refractivity contribution in [1.82, 2.24) is 5.43 Å². The fourth-order valence-electron chi connectivity index (χ4n) is 2.33. The quantitative estimate of drug-likeness (QED) is 0.291. The molecule has 0 fully saturated rings. The zero-order valence-electron chi connectivity index (χ0n) is 12.3. The van der Waals surface area contributed by atoms with Crippen molar-refractivity contribution in [3.63, 3.8) is 0 Å². The number of amides is 1. The van der Waals surface area contributed by atoms with E-state index in [0.717, 1.165) is 17.9 Å². The van der Waals surface area contributed by atoms with Crippen molar-refractivity contribution in [2.24, 2.45) is 5.10 Å². The highest BCUT2D eigenvalue weighted by Crippen LogP contribution is 2.25. The van der Waals surface area contributed by atoms with E-state index in [-0.39, 0.29) is 11.7 Å². The summed E-state index contributed by atoms with van der Waals surface area (Å²) in [5.41, 5.74) is 3.64. The molecule has 1 amide bonds. The maximum Gasteiger partial charge on any atom is 0.271 e. The van der Waals surface area contributed by atoms with Gasteiger partial charge in [-0.3, -0.25) is 4.79 Å². The lowest BCUT2D eigenvalue weighted by Crippen LogP contribution is -2.17. The summed E-state index contributed by atoms with van der Waals surface area (Å²) in [7, 11) is 0. The Kier molecular flexibility index (Phi) is 5.34. The summed E-state index contributed by atoms with van der Waals surface area (Å²) in [5, 5.41) is 15.9. The molecule has 0 saturated carbocycles. The van der Waals surface area contributed by atoms with Crippen molar-refractivity contribution in [3.05, 3.63) is 72.9 Å². The van der Waals surface area contributed by atoms with Crippen LogP contribution in [0.25, 0.3) is 10.8 Å². The van der Waals surface area contributed by atoms with Gasteiger partial charge >= 0.3 is 0 Å². The number of aromatic hydroxyl groups is 1. The highest BCUT2D eigenvalue weighted by molar-refractivity contribution is 14.1.